The van der Waals surface area contributed by atoms with Crippen molar-refractivity contribution in [2.75, 3.05) is 46.1 Å². The van der Waals surface area contributed by atoms with E-state index in [0.717, 1.165) is 46.1 Å². The molecule has 0 radical (unpaired) electrons. The third kappa shape index (κ3) is 2.16. The SMILES string of the molecule is Fc1ccccc1C=NC12CN3CCN(CN(C3)C1)C2. The van der Waals surface area contributed by atoms with Gasteiger partial charge in [0.2, 0.25) is 0 Å². The minimum absolute atomic E-state index is 0.0880. The highest BCUT2D eigenvalue weighted by Crippen LogP contribution is 2.29. The van der Waals surface area contributed by atoms with E-state index < -0.39 is 0 Å². The van der Waals surface area contributed by atoms with Crippen molar-refractivity contribution >= 4 is 6.21 Å². The van der Waals surface area contributed by atoms with Gasteiger partial charge >= 0.3 is 0 Å². The molecule has 4 bridgehead atoms. The third-order valence-electron chi connectivity index (χ3n) is 4.47. The van der Waals surface area contributed by atoms with Crippen LogP contribution in [-0.2, 0) is 0 Å². The molecule has 0 amide bonds. The molecule has 2 unspecified atom stereocenters. The molecule has 4 aliphatic heterocycles. The van der Waals surface area contributed by atoms with Crippen LogP contribution in [0.1, 0.15) is 5.56 Å². The van der Waals surface area contributed by atoms with Gasteiger partial charge in [0.05, 0.1) is 18.9 Å². The Morgan fingerprint density at radius 2 is 1.65 bits per heavy atom. The van der Waals surface area contributed by atoms with Crippen molar-refractivity contribution in [3.05, 3.63) is 35.6 Å². The molecule has 4 nitrogen and oxygen atoms in total. The molecule has 4 aliphatic rings. The molecule has 2 atom stereocenters. The zero-order chi connectivity index (χ0) is 13.6. The first-order valence-electron chi connectivity index (χ1n) is 7.19. The third-order valence-corrected chi connectivity index (χ3v) is 4.47. The average Bonchev–Trinajstić information content (AvgIpc) is 2.64. The second-order valence-corrected chi connectivity index (χ2v) is 6.22. The molecule has 4 heterocycles. The summed E-state index contributed by atoms with van der Waals surface area (Å²) in [4.78, 5) is 12.2. The minimum atomic E-state index is -0.195. The van der Waals surface area contributed by atoms with Crippen LogP contribution in [0.5, 0.6) is 0 Å². The number of halogens is 1. The molecule has 4 saturated heterocycles. The predicted molar refractivity (Wildman–Crippen MR) is 76.3 cm³/mol. The zero-order valence-electron chi connectivity index (χ0n) is 11.5. The number of fused-ring (bicyclic) bond motifs is 1. The normalized spacial score (nSPS) is 39.4. The molecule has 5 heteroatoms. The first-order valence-corrected chi connectivity index (χ1v) is 7.19. The van der Waals surface area contributed by atoms with E-state index in [1.165, 1.54) is 6.07 Å². The Kier molecular flexibility index (Phi) is 2.87. The first-order chi connectivity index (χ1) is 9.72. The van der Waals surface area contributed by atoms with Gasteiger partial charge in [0.25, 0.3) is 0 Å². The standard InChI is InChI=1S/C15H19FN4/c16-14-4-2-1-3-13(14)7-17-15-8-18-5-6-19(9-15)12-20(10-15)11-18/h1-4,7H,5-6,8-12H2. The van der Waals surface area contributed by atoms with E-state index in [4.69, 9.17) is 4.99 Å². The van der Waals surface area contributed by atoms with Crippen molar-refractivity contribution in [3.8, 4) is 0 Å². The summed E-state index contributed by atoms with van der Waals surface area (Å²) in [6.07, 6.45) is 1.73. The Bertz CT molecular complexity index is 528. The number of hydrogen-bond donors (Lipinski definition) is 0. The highest BCUT2D eigenvalue weighted by Gasteiger charge is 2.45. The van der Waals surface area contributed by atoms with Gasteiger partial charge in [-0.25, -0.2) is 4.39 Å². The van der Waals surface area contributed by atoms with Gasteiger partial charge in [0.15, 0.2) is 0 Å². The molecule has 4 fully saturated rings. The fraction of sp³-hybridized carbons (Fsp3) is 0.533. The molecule has 1 aromatic rings. The lowest BCUT2D eigenvalue weighted by atomic mass is 9.95. The molecule has 1 aromatic carbocycles. The Morgan fingerprint density at radius 3 is 2.35 bits per heavy atom. The van der Waals surface area contributed by atoms with Crippen LogP contribution in [0.4, 0.5) is 4.39 Å². The van der Waals surface area contributed by atoms with Gasteiger partial charge < -0.3 is 0 Å². The van der Waals surface area contributed by atoms with Gasteiger partial charge in [-0.15, -0.1) is 0 Å². The van der Waals surface area contributed by atoms with E-state index in [1.807, 2.05) is 6.07 Å². The van der Waals surface area contributed by atoms with E-state index in [1.54, 1.807) is 18.3 Å². The monoisotopic (exact) mass is 274 g/mol. The maximum absolute atomic E-state index is 13.7. The number of benzene rings is 1. The van der Waals surface area contributed by atoms with Crippen molar-refractivity contribution in [1.29, 1.82) is 0 Å². The zero-order valence-corrected chi connectivity index (χ0v) is 11.5. The van der Waals surface area contributed by atoms with Crippen LogP contribution in [0.3, 0.4) is 0 Å². The average molecular weight is 274 g/mol. The molecule has 0 aromatic heterocycles. The Hall–Kier alpha value is -1.30. The van der Waals surface area contributed by atoms with E-state index in [9.17, 15) is 4.39 Å². The fourth-order valence-electron chi connectivity index (χ4n) is 3.70. The van der Waals surface area contributed by atoms with E-state index in [-0.39, 0.29) is 11.4 Å². The van der Waals surface area contributed by atoms with Crippen molar-refractivity contribution in [3.63, 3.8) is 0 Å². The van der Waals surface area contributed by atoms with Gasteiger partial charge in [-0.05, 0) is 6.07 Å². The predicted octanol–water partition coefficient (Wildman–Crippen LogP) is 0.845. The smallest absolute Gasteiger partial charge is 0.131 e. The Balaban J connectivity index is 1.63. The summed E-state index contributed by atoms with van der Waals surface area (Å²) >= 11 is 0. The maximum Gasteiger partial charge on any atom is 0.131 e. The number of hydrogen-bond acceptors (Lipinski definition) is 4. The molecule has 5 rings (SSSR count). The van der Waals surface area contributed by atoms with Crippen LogP contribution >= 0.6 is 0 Å². The maximum atomic E-state index is 13.7. The van der Waals surface area contributed by atoms with Crippen molar-refractivity contribution in [2.24, 2.45) is 4.99 Å². The van der Waals surface area contributed by atoms with Crippen molar-refractivity contribution in [2.45, 2.75) is 5.54 Å². The van der Waals surface area contributed by atoms with Crippen LogP contribution in [-0.4, -0.2) is 72.5 Å². The molecule has 20 heavy (non-hydrogen) atoms. The minimum Gasteiger partial charge on any atom is -0.287 e. The Morgan fingerprint density at radius 1 is 1.00 bits per heavy atom. The van der Waals surface area contributed by atoms with Gasteiger partial charge in [-0.2, -0.15) is 0 Å². The Labute approximate surface area is 118 Å². The van der Waals surface area contributed by atoms with Crippen LogP contribution in [0.15, 0.2) is 29.3 Å². The topological polar surface area (TPSA) is 22.1 Å². The molecule has 0 spiro atoms. The molecule has 106 valence electrons. The van der Waals surface area contributed by atoms with Crippen LogP contribution in [0.25, 0.3) is 0 Å². The van der Waals surface area contributed by atoms with Crippen LogP contribution in [0.2, 0.25) is 0 Å². The highest BCUT2D eigenvalue weighted by molar-refractivity contribution is 5.80. The highest BCUT2D eigenvalue weighted by atomic mass is 19.1. The summed E-state index contributed by atoms with van der Waals surface area (Å²) in [5.41, 5.74) is 0.497. The first kappa shape index (κ1) is 12.4. The molecule has 0 N–H and O–H groups in total. The quantitative estimate of drug-likeness (QED) is 0.746. The van der Waals surface area contributed by atoms with Crippen molar-refractivity contribution < 1.29 is 4.39 Å². The fourth-order valence-corrected chi connectivity index (χ4v) is 3.70. The van der Waals surface area contributed by atoms with Crippen LogP contribution < -0.4 is 0 Å². The molecule has 0 saturated carbocycles. The lowest BCUT2D eigenvalue weighted by Gasteiger charge is -2.49. The van der Waals surface area contributed by atoms with Gasteiger partial charge in [0, 0.05) is 44.5 Å². The van der Waals surface area contributed by atoms with E-state index >= 15 is 0 Å². The summed E-state index contributed by atoms with van der Waals surface area (Å²) in [5.74, 6) is -0.195. The number of nitrogens with zero attached hydrogens (tertiary/aromatic N) is 4. The molecular formula is C15H19FN4. The molecular weight excluding hydrogens is 255 g/mol. The number of aliphatic imine (C=N–C) groups is 1. The summed E-state index contributed by atoms with van der Waals surface area (Å²) < 4.78 is 13.7. The lowest BCUT2D eigenvalue weighted by Crippen LogP contribution is -2.65. The van der Waals surface area contributed by atoms with Gasteiger partial charge in [-0.3, -0.25) is 19.7 Å². The van der Waals surface area contributed by atoms with Crippen LogP contribution in [0, 0.1) is 5.82 Å². The lowest BCUT2D eigenvalue weighted by molar-refractivity contribution is -0.0141. The van der Waals surface area contributed by atoms with E-state index in [2.05, 4.69) is 14.7 Å². The summed E-state index contributed by atoms with van der Waals surface area (Å²) in [6.45, 7) is 7.31. The van der Waals surface area contributed by atoms with Gasteiger partial charge in [-0.1, -0.05) is 18.2 Å². The summed E-state index contributed by atoms with van der Waals surface area (Å²) in [6, 6.07) is 6.84. The van der Waals surface area contributed by atoms with E-state index in [0.29, 0.717) is 5.56 Å². The second-order valence-electron chi connectivity index (χ2n) is 6.22. The largest absolute Gasteiger partial charge is 0.287 e. The molecule has 0 aliphatic carbocycles. The van der Waals surface area contributed by atoms with Crippen molar-refractivity contribution in [1.82, 2.24) is 14.7 Å². The summed E-state index contributed by atoms with van der Waals surface area (Å²) in [7, 11) is 0. The number of rotatable bonds is 2. The second kappa shape index (κ2) is 4.62. The summed E-state index contributed by atoms with van der Waals surface area (Å²) in [5, 5.41) is 0. The van der Waals surface area contributed by atoms with Gasteiger partial charge in [0.1, 0.15) is 5.82 Å².